The molecule has 2 unspecified atom stereocenters. The molecule has 0 saturated carbocycles. The zero-order valence-corrected chi connectivity index (χ0v) is 17.4. The van der Waals surface area contributed by atoms with Crippen LogP contribution in [0, 0.1) is 5.92 Å². The lowest BCUT2D eigenvalue weighted by molar-refractivity contribution is 0.430. The van der Waals surface area contributed by atoms with Crippen molar-refractivity contribution in [2.45, 2.75) is 32.1 Å². The van der Waals surface area contributed by atoms with E-state index in [0.29, 0.717) is 5.92 Å². The van der Waals surface area contributed by atoms with E-state index < -0.39 is 0 Å². The van der Waals surface area contributed by atoms with Gasteiger partial charge in [-0.05, 0) is 24.5 Å². The highest BCUT2D eigenvalue weighted by molar-refractivity contribution is 8.10. The lowest BCUT2D eigenvalue weighted by atomic mass is 9.87. The summed E-state index contributed by atoms with van der Waals surface area (Å²) in [4.78, 5) is 8.56. The van der Waals surface area contributed by atoms with E-state index in [0.717, 1.165) is 11.4 Å². The van der Waals surface area contributed by atoms with Gasteiger partial charge in [-0.1, -0.05) is 74.5 Å². The molecule has 0 spiro atoms. The smallest absolute Gasteiger partial charge is 0.131 e. The summed E-state index contributed by atoms with van der Waals surface area (Å²) >= 11 is 3.72. The van der Waals surface area contributed by atoms with Gasteiger partial charge in [0.25, 0.3) is 0 Å². The molecule has 4 heteroatoms. The van der Waals surface area contributed by atoms with Crippen LogP contribution in [0.2, 0.25) is 0 Å². The summed E-state index contributed by atoms with van der Waals surface area (Å²) in [5.74, 6) is 0.535. The average Bonchev–Trinajstić information content (AvgIpc) is 3.34. The number of aromatic nitrogens is 1. The lowest BCUT2D eigenvalue weighted by Crippen LogP contribution is -2.45. The number of thiazole rings is 1. The molecule has 0 saturated heterocycles. The number of anilines is 1. The van der Waals surface area contributed by atoms with E-state index >= 15 is 0 Å². The van der Waals surface area contributed by atoms with E-state index in [-0.39, 0.29) is 4.87 Å². The first kappa shape index (κ1) is 17.1. The second-order valence-corrected chi connectivity index (χ2v) is 9.71. The molecule has 27 heavy (non-hydrogen) atoms. The molecule has 0 radical (unpaired) electrons. The Balaban J connectivity index is 1.86. The molecule has 0 bridgehead atoms. The van der Waals surface area contributed by atoms with Crippen molar-refractivity contribution < 1.29 is 0 Å². The molecule has 3 aromatic rings. The first-order chi connectivity index (χ1) is 13.1. The van der Waals surface area contributed by atoms with Gasteiger partial charge in [0, 0.05) is 22.7 Å². The Kier molecular flexibility index (Phi) is 3.95. The highest BCUT2D eigenvalue weighted by Gasteiger charge is 2.50. The van der Waals surface area contributed by atoms with Gasteiger partial charge in [0.1, 0.15) is 5.01 Å². The second-order valence-electron chi connectivity index (χ2n) is 7.38. The van der Waals surface area contributed by atoms with Crippen LogP contribution in [0.1, 0.15) is 37.8 Å². The van der Waals surface area contributed by atoms with Crippen molar-refractivity contribution in [1.82, 2.24) is 4.98 Å². The highest BCUT2D eigenvalue weighted by atomic mass is 32.2. The molecular weight excluding hydrogens is 368 g/mol. The van der Waals surface area contributed by atoms with Gasteiger partial charge in [0.05, 0.1) is 21.2 Å². The van der Waals surface area contributed by atoms with Crippen molar-refractivity contribution in [1.29, 1.82) is 0 Å². The summed E-state index contributed by atoms with van der Waals surface area (Å²) in [5.41, 5.74) is 6.61. The molecule has 5 rings (SSSR count). The molecule has 2 aliphatic heterocycles. The maximum atomic E-state index is 4.68. The van der Waals surface area contributed by atoms with E-state index in [4.69, 9.17) is 0 Å². The van der Waals surface area contributed by atoms with E-state index in [2.05, 4.69) is 84.6 Å². The Labute approximate surface area is 169 Å². The van der Waals surface area contributed by atoms with Crippen LogP contribution in [0.4, 0.5) is 5.69 Å². The fourth-order valence-corrected chi connectivity index (χ4v) is 6.57. The predicted molar refractivity (Wildman–Crippen MR) is 119 cm³/mol. The summed E-state index contributed by atoms with van der Waals surface area (Å²) in [7, 11) is 0. The van der Waals surface area contributed by atoms with Crippen molar-refractivity contribution in [3.8, 4) is 11.1 Å². The van der Waals surface area contributed by atoms with E-state index in [1.165, 1.54) is 33.0 Å². The van der Waals surface area contributed by atoms with Gasteiger partial charge in [0.2, 0.25) is 0 Å². The number of nitrogens with zero attached hydrogens (tertiary/aromatic N) is 2. The number of rotatable bonds is 3. The van der Waals surface area contributed by atoms with Crippen molar-refractivity contribution in [2.24, 2.45) is 5.92 Å². The summed E-state index contributed by atoms with van der Waals surface area (Å²) in [6.07, 6.45) is 3.06. The minimum Gasteiger partial charge on any atom is -0.324 e. The fraction of sp³-hybridized carbons (Fsp3) is 0.261. The van der Waals surface area contributed by atoms with Crippen molar-refractivity contribution >= 4 is 39.4 Å². The minimum atomic E-state index is -0.0330. The molecule has 0 aliphatic carbocycles. The molecule has 136 valence electrons. The molecule has 0 amide bonds. The van der Waals surface area contributed by atoms with E-state index in [9.17, 15) is 0 Å². The van der Waals surface area contributed by atoms with Gasteiger partial charge in [-0.15, -0.1) is 11.3 Å². The van der Waals surface area contributed by atoms with Crippen LogP contribution < -0.4 is 4.90 Å². The average molecular weight is 391 g/mol. The molecule has 2 aromatic carbocycles. The number of fused-ring (bicyclic) bond motifs is 6. The van der Waals surface area contributed by atoms with Crippen LogP contribution in [0.15, 0.2) is 60.1 Å². The second kappa shape index (κ2) is 6.25. The molecule has 2 nitrogen and oxygen atoms in total. The van der Waals surface area contributed by atoms with Crippen LogP contribution in [-0.2, 0) is 0 Å². The Morgan fingerprint density at radius 1 is 1.04 bits per heavy atom. The Morgan fingerprint density at radius 3 is 2.44 bits per heavy atom. The topological polar surface area (TPSA) is 16.1 Å². The zero-order valence-electron chi connectivity index (χ0n) is 15.8. The number of hydrogen-bond donors (Lipinski definition) is 0. The van der Waals surface area contributed by atoms with Crippen LogP contribution in [0.3, 0.4) is 0 Å². The number of thioether (sulfide) groups is 1. The monoisotopic (exact) mass is 390 g/mol. The number of benzene rings is 2. The van der Waals surface area contributed by atoms with Crippen molar-refractivity contribution in [2.75, 3.05) is 4.90 Å². The maximum absolute atomic E-state index is 4.68. The van der Waals surface area contributed by atoms with E-state index in [1.54, 1.807) is 11.3 Å². The zero-order chi connectivity index (χ0) is 18.6. The van der Waals surface area contributed by atoms with Crippen LogP contribution >= 0.6 is 23.1 Å². The fourth-order valence-electron chi connectivity index (χ4n) is 4.23. The van der Waals surface area contributed by atoms with Crippen molar-refractivity contribution in [3.05, 3.63) is 70.7 Å². The van der Waals surface area contributed by atoms with Gasteiger partial charge in [-0.3, -0.25) is 0 Å². The van der Waals surface area contributed by atoms with Gasteiger partial charge >= 0.3 is 0 Å². The van der Waals surface area contributed by atoms with Gasteiger partial charge in [0.15, 0.2) is 0 Å². The molecule has 1 aromatic heterocycles. The largest absolute Gasteiger partial charge is 0.324 e. The van der Waals surface area contributed by atoms with Crippen molar-refractivity contribution in [3.63, 3.8) is 0 Å². The van der Waals surface area contributed by atoms with Crippen LogP contribution in [0.25, 0.3) is 21.7 Å². The molecular formula is C23H22N2S2. The highest BCUT2D eigenvalue weighted by Crippen LogP contribution is 2.62. The van der Waals surface area contributed by atoms with Crippen LogP contribution in [-0.4, -0.2) is 9.85 Å². The normalized spacial score (nSPS) is 21.7. The number of hydrogen-bond acceptors (Lipinski definition) is 4. The Hall–Kier alpha value is -2.04. The molecule has 2 atom stereocenters. The van der Waals surface area contributed by atoms with E-state index in [1.807, 2.05) is 18.0 Å². The predicted octanol–water partition coefficient (Wildman–Crippen LogP) is 6.97. The Bertz CT molecular complexity index is 1040. The third kappa shape index (κ3) is 2.36. The summed E-state index contributed by atoms with van der Waals surface area (Å²) < 4.78 is 0. The maximum Gasteiger partial charge on any atom is 0.131 e. The third-order valence-electron chi connectivity index (χ3n) is 5.96. The Morgan fingerprint density at radius 2 is 1.74 bits per heavy atom. The first-order valence-corrected chi connectivity index (χ1v) is 11.2. The molecule has 3 heterocycles. The third-order valence-corrected chi connectivity index (χ3v) is 8.47. The van der Waals surface area contributed by atoms with Gasteiger partial charge in [-0.2, -0.15) is 0 Å². The SMILES string of the molecule is CCC(C)C1(C)SC(c2nccs2)=C2c3ccccc3-c3ccccc3N21. The minimum absolute atomic E-state index is 0.0330. The quantitative estimate of drug-likeness (QED) is 0.480. The molecule has 2 aliphatic rings. The summed E-state index contributed by atoms with van der Waals surface area (Å²) in [6.45, 7) is 7.07. The number of para-hydroxylation sites is 1. The summed E-state index contributed by atoms with van der Waals surface area (Å²) in [6, 6.07) is 17.7. The lowest BCUT2D eigenvalue weighted by Gasteiger charge is -2.45. The standard InChI is InChI=1S/C23H22N2S2/c1-4-15(2)23(3)25-19-12-8-7-10-17(19)16-9-5-6-11-18(16)20(25)21(27-23)22-24-13-14-26-22/h5-15H,4H2,1-3H3. The van der Waals surface area contributed by atoms with Crippen LogP contribution in [0.5, 0.6) is 0 Å². The first-order valence-electron chi connectivity index (χ1n) is 9.47. The van der Waals surface area contributed by atoms with Gasteiger partial charge in [-0.25, -0.2) is 4.98 Å². The molecule has 0 fully saturated rings. The van der Waals surface area contributed by atoms with Gasteiger partial charge < -0.3 is 4.90 Å². The molecule has 0 N–H and O–H groups in total. The summed E-state index contributed by atoms with van der Waals surface area (Å²) in [5, 5.41) is 3.20.